The second-order valence-corrected chi connectivity index (χ2v) is 5.13. The van der Waals surface area contributed by atoms with Crippen molar-refractivity contribution in [3.8, 4) is 0 Å². The van der Waals surface area contributed by atoms with Crippen molar-refractivity contribution < 1.29 is 5.11 Å². The predicted molar refractivity (Wildman–Crippen MR) is 74.5 cm³/mol. The maximum absolute atomic E-state index is 10.0. The van der Waals surface area contributed by atoms with Gasteiger partial charge in [0.05, 0.1) is 6.10 Å². The van der Waals surface area contributed by atoms with Crippen molar-refractivity contribution in [2.45, 2.75) is 19.4 Å². The van der Waals surface area contributed by atoms with Crippen LogP contribution in [0.5, 0.6) is 0 Å². The zero-order valence-corrected chi connectivity index (χ0v) is 11.2. The first-order valence-corrected chi connectivity index (χ1v) is 6.95. The molecule has 1 aromatic carbocycles. The minimum Gasteiger partial charge on any atom is -0.387 e. The molecule has 0 radical (unpaired) electrons. The number of hydrogen-bond donors (Lipinski definition) is 2. The average molecular weight is 248 g/mol. The number of aliphatic hydroxyl groups excluding tert-OH is 1. The van der Waals surface area contributed by atoms with Gasteiger partial charge in [0.1, 0.15) is 0 Å². The Kier molecular flexibility index (Phi) is 5.17. The van der Waals surface area contributed by atoms with E-state index in [0.717, 1.165) is 24.6 Å². The lowest BCUT2D eigenvalue weighted by molar-refractivity contribution is 0.172. The maximum atomic E-state index is 10.0. The van der Waals surface area contributed by atoms with E-state index in [1.54, 1.807) is 0 Å². The van der Waals surface area contributed by atoms with Gasteiger partial charge in [-0.3, -0.25) is 0 Å². The second kappa shape index (κ2) is 6.88. The number of benzene rings is 1. The highest BCUT2D eigenvalue weighted by atomic mass is 16.3. The van der Waals surface area contributed by atoms with Gasteiger partial charge >= 0.3 is 0 Å². The minimum absolute atomic E-state index is 0.394. The second-order valence-electron chi connectivity index (χ2n) is 5.13. The van der Waals surface area contributed by atoms with E-state index in [-0.39, 0.29) is 0 Å². The fraction of sp³-hybridized carbons (Fsp3) is 0.600. The highest BCUT2D eigenvalue weighted by Crippen LogP contribution is 2.15. The Bertz CT molecular complexity index is 342. The smallest absolute Gasteiger partial charge is 0.0914 e. The van der Waals surface area contributed by atoms with Gasteiger partial charge in [-0.15, -0.1) is 0 Å². The third-order valence-electron chi connectivity index (χ3n) is 3.77. The van der Waals surface area contributed by atoms with Crippen molar-refractivity contribution in [1.82, 2.24) is 10.2 Å². The summed E-state index contributed by atoms with van der Waals surface area (Å²) in [7, 11) is 0. The molecular weight excluding hydrogens is 224 g/mol. The fourth-order valence-electron chi connectivity index (χ4n) is 2.58. The molecule has 2 rings (SSSR count). The molecule has 1 aliphatic heterocycles. The molecule has 0 amide bonds. The number of hydrogen-bond acceptors (Lipinski definition) is 3. The molecule has 100 valence electrons. The lowest BCUT2D eigenvalue weighted by Gasteiger charge is -2.16. The van der Waals surface area contributed by atoms with Crippen LogP contribution in [0.4, 0.5) is 0 Å². The van der Waals surface area contributed by atoms with E-state index in [0.29, 0.717) is 6.54 Å². The van der Waals surface area contributed by atoms with Crippen LogP contribution in [-0.2, 0) is 0 Å². The van der Waals surface area contributed by atoms with Gasteiger partial charge in [-0.25, -0.2) is 0 Å². The molecule has 0 aromatic heterocycles. The number of rotatable bonds is 6. The number of aliphatic hydroxyl groups is 1. The number of nitrogens with one attached hydrogen (secondary N) is 1. The van der Waals surface area contributed by atoms with Crippen molar-refractivity contribution >= 4 is 0 Å². The van der Waals surface area contributed by atoms with E-state index >= 15 is 0 Å². The summed E-state index contributed by atoms with van der Waals surface area (Å²) >= 11 is 0. The highest BCUT2D eigenvalue weighted by Gasteiger charge is 2.20. The Labute approximate surface area is 110 Å². The molecule has 2 N–H and O–H groups in total. The van der Waals surface area contributed by atoms with E-state index in [1.807, 2.05) is 30.3 Å². The monoisotopic (exact) mass is 248 g/mol. The Morgan fingerprint density at radius 3 is 2.83 bits per heavy atom. The van der Waals surface area contributed by atoms with Crippen LogP contribution in [0.25, 0.3) is 0 Å². The van der Waals surface area contributed by atoms with E-state index in [9.17, 15) is 5.11 Å². The molecule has 1 saturated heterocycles. The fourth-order valence-corrected chi connectivity index (χ4v) is 2.58. The SMILES string of the molecule is CCN1CCC(CNCC(O)c2ccccc2)C1. The van der Waals surface area contributed by atoms with E-state index in [4.69, 9.17) is 0 Å². The summed E-state index contributed by atoms with van der Waals surface area (Å²) in [4.78, 5) is 2.49. The maximum Gasteiger partial charge on any atom is 0.0914 e. The Morgan fingerprint density at radius 1 is 1.39 bits per heavy atom. The molecule has 1 fully saturated rings. The Hall–Kier alpha value is -0.900. The van der Waals surface area contributed by atoms with Gasteiger partial charge in [0.2, 0.25) is 0 Å². The summed E-state index contributed by atoms with van der Waals surface area (Å²) in [5.41, 5.74) is 0.992. The molecule has 0 aliphatic carbocycles. The van der Waals surface area contributed by atoms with Crippen molar-refractivity contribution in [1.29, 1.82) is 0 Å². The molecule has 1 aliphatic rings. The molecule has 18 heavy (non-hydrogen) atoms. The summed E-state index contributed by atoms with van der Waals surface area (Å²) in [5, 5.41) is 13.4. The highest BCUT2D eigenvalue weighted by molar-refractivity contribution is 5.17. The summed E-state index contributed by atoms with van der Waals surface area (Å²) in [6.07, 6.45) is 0.886. The first-order chi connectivity index (χ1) is 8.79. The molecule has 3 nitrogen and oxygen atoms in total. The molecule has 2 atom stereocenters. The van der Waals surface area contributed by atoms with Crippen molar-refractivity contribution in [3.63, 3.8) is 0 Å². The van der Waals surface area contributed by atoms with E-state index < -0.39 is 6.10 Å². The Morgan fingerprint density at radius 2 is 2.17 bits per heavy atom. The molecule has 0 saturated carbocycles. The van der Waals surface area contributed by atoms with Crippen molar-refractivity contribution in [2.24, 2.45) is 5.92 Å². The summed E-state index contributed by atoms with van der Waals surface area (Å²) in [5.74, 6) is 0.743. The van der Waals surface area contributed by atoms with Crippen LogP contribution in [0.1, 0.15) is 25.0 Å². The van der Waals surface area contributed by atoms with E-state index in [1.165, 1.54) is 19.5 Å². The van der Waals surface area contributed by atoms with Gasteiger partial charge in [0, 0.05) is 13.1 Å². The normalized spacial score (nSPS) is 22.2. The van der Waals surface area contributed by atoms with Crippen LogP contribution in [0.3, 0.4) is 0 Å². The first-order valence-electron chi connectivity index (χ1n) is 6.95. The summed E-state index contributed by atoms with van der Waals surface area (Å²) < 4.78 is 0. The molecular formula is C15H24N2O. The van der Waals surface area contributed by atoms with Crippen LogP contribution >= 0.6 is 0 Å². The lowest BCUT2D eigenvalue weighted by Crippen LogP contribution is -2.29. The molecule has 1 aromatic rings. The van der Waals surface area contributed by atoms with Gasteiger partial charge < -0.3 is 15.3 Å². The standard InChI is InChI=1S/C15H24N2O/c1-2-17-9-8-13(12-17)10-16-11-15(18)14-6-4-3-5-7-14/h3-7,13,15-16,18H,2,8-12H2,1H3. The quantitative estimate of drug-likeness (QED) is 0.803. The van der Waals surface area contributed by atoms with E-state index in [2.05, 4.69) is 17.1 Å². The third kappa shape index (κ3) is 3.80. The molecule has 0 bridgehead atoms. The van der Waals surface area contributed by atoms with Gasteiger partial charge in [0.15, 0.2) is 0 Å². The topological polar surface area (TPSA) is 35.5 Å². The molecule has 3 heteroatoms. The van der Waals surface area contributed by atoms with Gasteiger partial charge in [-0.2, -0.15) is 0 Å². The molecule has 1 heterocycles. The van der Waals surface area contributed by atoms with Crippen LogP contribution in [0.15, 0.2) is 30.3 Å². The van der Waals surface area contributed by atoms with Crippen LogP contribution in [0.2, 0.25) is 0 Å². The van der Waals surface area contributed by atoms with Crippen molar-refractivity contribution in [2.75, 3.05) is 32.7 Å². The summed E-state index contributed by atoms with van der Waals surface area (Å²) in [6.45, 7) is 7.46. The predicted octanol–water partition coefficient (Wildman–Crippen LogP) is 1.65. The number of nitrogens with zero attached hydrogens (tertiary/aromatic N) is 1. The van der Waals surface area contributed by atoms with Crippen LogP contribution < -0.4 is 5.32 Å². The first kappa shape index (κ1) is 13.5. The molecule has 2 unspecified atom stereocenters. The average Bonchev–Trinajstić information content (AvgIpc) is 2.87. The summed E-state index contributed by atoms with van der Waals surface area (Å²) in [6, 6.07) is 9.85. The van der Waals surface area contributed by atoms with Crippen molar-refractivity contribution in [3.05, 3.63) is 35.9 Å². The molecule has 0 spiro atoms. The zero-order chi connectivity index (χ0) is 12.8. The van der Waals surface area contributed by atoms with Crippen LogP contribution in [0, 0.1) is 5.92 Å². The number of likely N-dealkylation sites (tertiary alicyclic amines) is 1. The Balaban J connectivity index is 1.67. The van der Waals surface area contributed by atoms with Gasteiger partial charge in [-0.1, -0.05) is 37.3 Å². The van der Waals surface area contributed by atoms with Crippen LogP contribution in [-0.4, -0.2) is 42.7 Å². The minimum atomic E-state index is -0.394. The zero-order valence-electron chi connectivity index (χ0n) is 11.2. The van der Waals surface area contributed by atoms with Gasteiger partial charge in [0.25, 0.3) is 0 Å². The largest absolute Gasteiger partial charge is 0.387 e. The van der Waals surface area contributed by atoms with Gasteiger partial charge in [-0.05, 0) is 37.5 Å². The third-order valence-corrected chi connectivity index (χ3v) is 3.77. The lowest BCUT2D eigenvalue weighted by atomic mass is 10.1.